The molecule has 1 unspecified atom stereocenters. The molecule has 1 saturated carbocycles. The smallest absolute Gasteiger partial charge is 0.159 e. The Morgan fingerprint density at radius 3 is 2.69 bits per heavy atom. The zero-order valence-electron chi connectivity index (χ0n) is 10.6. The number of hydrogen-bond acceptors (Lipinski definition) is 1. The van der Waals surface area contributed by atoms with E-state index < -0.39 is 0 Å². The van der Waals surface area contributed by atoms with Crippen molar-refractivity contribution in [3.63, 3.8) is 0 Å². The van der Waals surface area contributed by atoms with Crippen molar-refractivity contribution in [2.75, 3.05) is 0 Å². The molecule has 3 aliphatic rings. The van der Waals surface area contributed by atoms with Gasteiger partial charge >= 0.3 is 0 Å². The van der Waals surface area contributed by atoms with Crippen molar-refractivity contribution in [1.29, 1.82) is 0 Å². The van der Waals surface area contributed by atoms with Crippen LogP contribution in [0.1, 0.15) is 34.1 Å². The predicted molar refractivity (Wildman–Crippen MR) is 64.9 cm³/mol. The minimum Gasteiger partial charge on any atom is -0.295 e. The maximum atomic E-state index is 12.0. The zero-order chi connectivity index (χ0) is 11.7. The van der Waals surface area contributed by atoms with Crippen LogP contribution in [0.25, 0.3) is 0 Å². The van der Waals surface area contributed by atoms with Crippen LogP contribution in [0, 0.1) is 28.6 Å². The Bertz CT molecular complexity index is 427. The first-order valence-electron chi connectivity index (χ1n) is 6.32. The Hall–Kier alpha value is -0.850. The van der Waals surface area contributed by atoms with Gasteiger partial charge in [0.15, 0.2) is 5.78 Å². The maximum Gasteiger partial charge on any atom is 0.159 e. The van der Waals surface area contributed by atoms with E-state index in [2.05, 4.69) is 39.8 Å². The average Bonchev–Trinajstić information content (AvgIpc) is 2.77. The molecule has 1 nitrogen and oxygen atoms in total. The second-order valence-corrected chi connectivity index (χ2v) is 6.60. The summed E-state index contributed by atoms with van der Waals surface area (Å²) in [7, 11) is 0. The summed E-state index contributed by atoms with van der Waals surface area (Å²) in [6.07, 6.45) is 7.48. The van der Waals surface area contributed by atoms with E-state index in [1.165, 1.54) is 5.57 Å². The molecule has 0 aromatic carbocycles. The molecular weight excluding hydrogens is 196 g/mol. The lowest BCUT2D eigenvalue weighted by Crippen LogP contribution is -2.36. The Kier molecular flexibility index (Phi) is 1.74. The highest BCUT2D eigenvalue weighted by Crippen LogP contribution is 2.72. The lowest BCUT2D eigenvalue weighted by Gasteiger charge is -2.42. The standard InChI is InChI=1S/C15H20O/c1-9-6-5-7-10-8-11(16)12-13(14(12,2)3)15(9,10)4/h5,7-9,12-13H,6H2,1-4H3/t9?,12-,13+,15+/m1/s1. The normalized spacial score (nSPS) is 48.1. The predicted octanol–water partition coefficient (Wildman–Crippen LogP) is 3.37. The summed E-state index contributed by atoms with van der Waals surface area (Å²) >= 11 is 0. The molecule has 86 valence electrons. The van der Waals surface area contributed by atoms with Crippen LogP contribution in [0.3, 0.4) is 0 Å². The number of carbonyl (C=O) groups excluding carboxylic acids is 1. The van der Waals surface area contributed by atoms with Gasteiger partial charge in [-0.2, -0.15) is 0 Å². The van der Waals surface area contributed by atoms with E-state index in [0.717, 1.165) is 6.42 Å². The fourth-order valence-electron chi connectivity index (χ4n) is 4.33. The first-order chi connectivity index (χ1) is 7.40. The number of fused-ring (bicyclic) bond motifs is 3. The SMILES string of the molecule is CC1CC=CC2=CC(=O)[C@@H]3[C@@H](C3(C)C)[C@]21C. The van der Waals surface area contributed by atoms with Crippen molar-refractivity contribution in [3.8, 4) is 0 Å². The molecule has 1 fully saturated rings. The average molecular weight is 216 g/mol. The van der Waals surface area contributed by atoms with Crippen LogP contribution in [-0.4, -0.2) is 5.78 Å². The monoisotopic (exact) mass is 216 g/mol. The van der Waals surface area contributed by atoms with Crippen molar-refractivity contribution >= 4 is 5.78 Å². The van der Waals surface area contributed by atoms with Gasteiger partial charge in [-0.15, -0.1) is 0 Å². The third-order valence-electron chi connectivity index (χ3n) is 5.51. The molecule has 3 aliphatic carbocycles. The first-order valence-corrected chi connectivity index (χ1v) is 6.32. The number of carbonyl (C=O) groups is 1. The van der Waals surface area contributed by atoms with Crippen molar-refractivity contribution in [2.24, 2.45) is 28.6 Å². The number of ketones is 1. The van der Waals surface area contributed by atoms with Crippen LogP contribution < -0.4 is 0 Å². The second kappa shape index (κ2) is 2.69. The summed E-state index contributed by atoms with van der Waals surface area (Å²) in [6, 6.07) is 0. The first kappa shape index (κ1) is 10.3. The molecule has 0 heterocycles. The third-order valence-corrected chi connectivity index (χ3v) is 5.51. The van der Waals surface area contributed by atoms with E-state index >= 15 is 0 Å². The molecule has 0 spiro atoms. The molecule has 0 bridgehead atoms. The van der Waals surface area contributed by atoms with Crippen LogP contribution in [0.4, 0.5) is 0 Å². The van der Waals surface area contributed by atoms with Gasteiger partial charge in [-0.05, 0) is 40.7 Å². The van der Waals surface area contributed by atoms with Gasteiger partial charge in [0.1, 0.15) is 0 Å². The molecule has 0 N–H and O–H groups in total. The molecule has 0 aromatic heterocycles. The van der Waals surface area contributed by atoms with Crippen molar-refractivity contribution in [3.05, 3.63) is 23.8 Å². The highest BCUT2D eigenvalue weighted by Gasteiger charge is 2.70. The van der Waals surface area contributed by atoms with E-state index in [9.17, 15) is 4.79 Å². The summed E-state index contributed by atoms with van der Waals surface area (Å²) in [5.74, 6) is 1.87. The Morgan fingerprint density at radius 1 is 1.31 bits per heavy atom. The highest BCUT2D eigenvalue weighted by molar-refractivity contribution is 5.98. The Labute approximate surface area is 97.6 Å². The number of allylic oxidation sites excluding steroid dienone is 4. The largest absolute Gasteiger partial charge is 0.295 e. The molecule has 3 rings (SSSR count). The molecule has 0 amide bonds. The van der Waals surface area contributed by atoms with Gasteiger partial charge in [-0.3, -0.25) is 4.79 Å². The quantitative estimate of drug-likeness (QED) is 0.606. The van der Waals surface area contributed by atoms with Crippen LogP contribution in [0.15, 0.2) is 23.8 Å². The van der Waals surface area contributed by atoms with Gasteiger partial charge < -0.3 is 0 Å². The summed E-state index contributed by atoms with van der Waals surface area (Å²) in [5, 5.41) is 0. The number of rotatable bonds is 0. The second-order valence-electron chi connectivity index (χ2n) is 6.60. The molecular formula is C15H20O. The fraction of sp³-hybridized carbons (Fsp3) is 0.667. The van der Waals surface area contributed by atoms with E-state index in [4.69, 9.17) is 0 Å². The summed E-state index contributed by atoms with van der Waals surface area (Å²) in [4.78, 5) is 12.0. The van der Waals surface area contributed by atoms with Gasteiger partial charge in [0.2, 0.25) is 0 Å². The Balaban J connectivity index is 2.15. The van der Waals surface area contributed by atoms with E-state index in [1.54, 1.807) is 0 Å². The van der Waals surface area contributed by atoms with Crippen molar-refractivity contribution in [1.82, 2.24) is 0 Å². The molecule has 4 atom stereocenters. The Morgan fingerprint density at radius 2 is 2.00 bits per heavy atom. The minimum absolute atomic E-state index is 0.212. The lowest BCUT2D eigenvalue weighted by atomic mass is 9.61. The topological polar surface area (TPSA) is 17.1 Å². The van der Waals surface area contributed by atoms with Gasteiger partial charge in [-0.25, -0.2) is 0 Å². The third kappa shape index (κ3) is 0.952. The molecule has 1 heteroatoms. The van der Waals surface area contributed by atoms with Crippen LogP contribution >= 0.6 is 0 Å². The molecule has 16 heavy (non-hydrogen) atoms. The maximum absolute atomic E-state index is 12.0. The summed E-state index contributed by atoms with van der Waals surface area (Å²) in [5.41, 5.74) is 1.73. The molecule has 0 aromatic rings. The van der Waals surface area contributed by atoms with Gasteiger partial charge in [0.25, 0.3) is 0 Å². The minimum atomic E-state index is 0.212. The van der Waals surface area contributed by atoms with Crippen LogP contribution in [0.2, 0.25) is 0 Å². The van der Waals surface area contributed by atoms with Crippen molar-refractivity contribution in [2.45, 2.75) is 34.1 Å². The summed E-state index contributed by atoms with van der Waals surface area (Å²) in [6.45, 7) is 9.21. The van der Waals surface area contributed by atoms with Gasteiger partial charge in [0, 0.05) is 5.92 Å². The van der Waals surface area contributed by atoms with E-state index in [-0.39, 0.29) is 16.7 Å². The van der Waals surface area contributed by atoms with E-state index in [1.807, 2.05) is 6.08 Å². The fourth-order valence-corrected chi connectivity index (χ4v) is 4.33. The molecule has 0 radical (unpaired) electrons. The van der Waals surface area contributed by atoms with Gasteiger partial charge in [-0.1, -0.05) is 39.8 Å². The molecule has 0 aliphatic heterocycles. The van der Waals surface area contributed by atoms with Gasteiger partial charge in [0.05, 0.1) is 0 Å². The van der Waals surface area contributed by atoms with Crippen LogP contribution in [-0.2, 0) is 4.79 Å². The summed E-state index contributed by atoms with van der Waals surface area (Å²) < 4.78 is 0. The van der Waals surface area contributed by atoms with Crippen LogP contribution in [0.5, 0.6) is 0 Å². The highest BCUT2D eigenvalue weighted by atomic mass is 16.1. The molecule has 0 saturated heterocycles. The van der Waals surface area contributed by atoms with Crippen molar-refractivity contribution < 1.29 is 4.79 Å². The number of hydrogen-bond donors (Lipinski definition) is 0. The lowest BCUT2D eigenvalue weighted by molar-refractivity contribution is -0.117. The van der Waals surface area contributed by atoms with E-state index in [0.29, 0.717) is 17.6 Å². The zero-order valence-corrected chi connectivity index (χ0v) is 10.6.